The quantitative estimate of drug-likeness (QED) is 0.337. The largest absolute Gasteiger partial charge is 0.289 e. The van der Waals surface area contributed by atoms with Gasteiger partial charge in [-0.1, -0.05) is 60.7 Å². The van der Waals surface area contributed by atoms with Crippen LogP contribution >= 0.6 is 0 Å². The lowest BCUT2D eigenvalue weighted by Crippen LogP contribution is -2.25. The number of ketones is 1. The number of nitrogens with zero attached hydrogens (tertiary/aromatic N) is 3. The summed E-state index contributed by atoms with van der Waals surface area (Å²) in [7, 11) is 0. The van der Waals surface area contributed by atoms with E-state index in [-0.39, 0.29) is 5.78 Å². The van der Waals surface area contributed by atoms with Gasteiger partial charge in [-0.2, -0.15) is 9.67 Å². The normalized spacial score (nSPS) is 11.0. The molecule has 5 heteroatoms. The van der Waals surface area contributed by atoms with Gasteiger partial charge in [-0.15, -0.1) is 0 Å². The predicted octanol–water partition coefficient (Wildman–Crippen LogP) is 3.78. The first-order valence-electron chi connectivity index (χ1n) is 8.56. The van der Waals surface area contributed by atoms with Gasteiger partial charge < -0.3 is 0 Å². The Bertz CT molecular complexity index is 1090. The van der Waals surface area contributed by atoms with Crippen LogP contribution in [-0.4, -0.2) is 21.0 Å². The maximum atomic E-state index is 12.2. The summed E-state index contributed by atoms with van der Waals surface area (Å²) in [5.74, 6) is 1.28. The Balaban J connectivity index is 1.56. The van der Waals surface area contributed by atoms with E-state index in [1.807, 2.05) is 77.6 Å². The van der Waals surface area contributed by atoms with Gasteiger partial charge in [0.25, 0.3) is 0 Å². The van der Waals surface area contributed by atoms with E-state index in [0.717, 1.165) is 17.0 Å². The van der Waals surface area contributed by atoms with Crippen LogP contribution in [0, 0.1) is 0 Å². The van der Waals surface area contributed by atoms with Gasteiger partial charge in [0.2, 0.25) is 0 Å². The summed E-state index contributed by atoms with van der Waals surface area (Å²) in [5, 5.41) is 7.28. The third-order valence-electron chi connectivity index (χ3n) is 4.07. The minimum absolute atomic E-state index is 0.0437. The van der Waals surface area contributed by atoms with Crippen molar-refractivity contribution >= 4 is 12.0 Å². The zero-order valence-electron chi connectivity index (χ0n) is 14.5. The number of hydrogen-bond donors (Lipinski definition) is 1. The molecule has 0 bridgehead atoms. The van der Waals surface area contributed by atoms with E-state index in [0.29, 0.717) is 11.4 Å². The summed E-state index contributed by atoms with van der Waals surface area (Å²) in [6.45, 7) is 0. The zero-order chi connectivity index (χ0) is 18.5. The van der Waals surface area contributed by atoms with Crippen molar-refractivity contribution in [1.29, 1.82) is 0 Å². The average molecular weight is 353 g/mol. The Labute approximate surface area is 156 Å². The number of hydrogen-bond acceptors (Lipinski definition) is 3. The number of H-pyrrole nitrogens is 1. The Hall–Kier alpha value is -3.86. The minimum atomic E-state index is -0.0437. The predicted molar refractivity (Wildman–Crippen MR) is 104 cm³/mol. The van der Waals surface area contributed by atoms with E-state index in [4.69, 9.17) is 0 Å². The first kappa shape index (κ1) is 16.6. The molecule has 27 heavy (non-hydrogen) atoms. The maximum absolute atomic E-state index is 12.2. The smallest absolute Gasteiger partial charge is 0.191 e. The van der Waals surface area contributed by atoms with E-state index >= 15 is 0 Å². The Morgan fingerprint density at radius 1 is 0.889 bits per heavy atom. The van der Waals surface area contributed by atoms with Crippen molar-refractivity contribution in [2.24, 2.45) is 0 Å². The molecule has 0 spiro atoms. The fraction of sp³-hybridized carbons (Fsp3) is 0. The highest BCUT2D eigenvalue weighted by atomic mass is 16.1. The van der Waals surface area contributed by atoms with Crippen LogP contribution in [0.5, 0.6) is 0 Å². The molecule has 0 unspecified atom stereocenters. The molecular weight excluding hydrogens is 336 g/mol. The molecule has 0 aliphatic carbocycles. The number of carbonyl (C=O) groups excluding carboxylic acids is 1. The summed E-state index contributed by atoms with van der Waals surface area (Å²) in [5.41, 5.74) is 2.49. The van der Waals surface area contributed by atoms with E-state index < -0.39 is 0 Å². The number of pyridine rings is 1. The van der Waals surface area contributed by atoms with E-state index in [1.54, 1.807) is 24.4 Å². The van der Waals surface area contributed by atoms with Crippen molar-refractivity contribution in [2.75, 3.05) is 0 Å². The summed E-state index contributed by atoms with van der Waals surface area (Å²) in [6, 6.07) is 22.9. The van der Waals surface area contributed by atoms with Gasteiger partial charge >= 0.3 is 0 Å². The SMILES string of the molecule is O=C(/C=C/[n+]1cccc(-c2n[nH]c(-c3ccccc3)n2)c1)c1ccccc1. The highest BCUT2D eigenvalue weighted by Gasteiger charge is 2.11. The first-order chi connectivity index (χ1) is 13.3. The molecule has 2 heterocycles. The number of nitrogens with one attached hydrogen (secondary N) is 1. The standard InChI is InChI=1S/C22H17N4O/c27-20(17-8-3-1-4-9-17)13-15-26-14-7-12-19(16-26)22-23-21(24-25-22)18-10-5-2-6-11-18/h1-16H,(H,23,24,25)/q+1/b15-13+. The highest BCUT2D eigenvalue weighted by molar-refractivity contribution is 6.05. The fourth-order valence-electron chi connectivity index (χ4n) is 2.69. The third-order valence-corrected chi connectivity index (χ3v) is 4.07. The molecule has 0 aliphatic rings. The number of aromatic amines is 1. The molecule has 0 saturated heterocycles. The van der Waals surface area contributed by atoms with Gasteiger partial charge in [-0.25, -0.2) is 4.98 Å². The summed E-state index contributed by atoms with van der Waals surface area (Å²) < 4.78 is 1.81. The molecule has 130 valence electrons. The van der Waals surface area contributed by atoms with Crippen LogP contribution in [0.3, 0.4) is 0 Å². The van der Waals surface area contributed by atoms with Crippen LogP contribution in [0.15, 0.2) is 91.3 Å². The summed E-state index contributed by atoms with van der Waals surface area (Å²) >= 11 is 0. The van der Waals surface area contributed by atoms with Crippen molar-refractivity contribution < 1.29 is 9.36 Å². The molecule has 5 nitrogen and oxygen atoms in total. The first-order valence-corrected chi connectivity index (χ1v) is 8.56. The topological polar surface area (TPSA) is 62.5 Å². The Morgan fingerprint density at radius 3 is 2.37 bits per heavy atom. The van der Waals surface area contributed by atoms with E-state index in [2.05, 4.69) is 15.2 Å². The summed E-state index contributed by atoms with van der Waals surface area (Å²) in [4.78, 5) is 16.8. The monoisotopic (exact) mass is 353 g/mol. The highest BCUT2D eigenvalue weighted by Crippen LogP contribution is 2.18. The van der Waals surface area contributed by atoms with Crippen molar-refractivity contribution in [3.8, 4) is 22.8 Å². The molecule has 0 amide bonds. The Morgan fingerprint density at radius 2 is 1.59 bits per heavy atom. The second-order valence-corrected chi connectivity index (χ2v) is 5.96. The molecule has 0 atom stereocenters. The third kappa shape index (κ3) is 3.88. The number of aromatic nitrogens is 4. The van der Waals surface area contributed by atoms with Gasteiger partial charge in [0, 0.05) is 17.2 Å². The van der Waals surface area contributed by atoms with Gasteiger partial charge in [-0.05, 0) is 6.07 Å². The molecular formula is C22H17N4O+. The van der Waals surface area contributed by atoms with Gasteiger partial charge in [0.05, 0.1) is 11.6 Å². The molecule has 2 aromatic carbocycles. The van der Waals surface area contributed by atoms with E-state index in [9.17, 15) is 4.79 Å². The van der Waals surface area contributed by atoms with Gasteiger partial charge in [0.15, 0.2) is 36.0 Å². The van der Waals surface area contributed by atoms with Gasteiger partial charge in [0.1, 0.15) is 0 Å². The Kier molecular flexibility index (Phi) is 4.66. The second-order valence-electron chi connectivity index (χ2n) is 5.96. The molecule has 0 radical (unpaired) electrons. The molecule has 0 aliphatic heterocycles. The minimum Gasteiger partial charge on any atom is -0.289 e. The number of rotatable bonds is 5. The fourth-order valence-corrected chi connectivity index (χ4v) is 2.69. The van der Waals surface area contributed by atoms with Gasteiger partial charge in [-0.3, -0.25) is 9.89 Å². The van der Waals surface area contributed by atoms with Crippen molar-refractivity contribution in [1.82, 2.24) is 15.2 Å². The molecule has 4 aromatic rings. The lowest BCUT2D eigenvalue weighted by atomic mass is 10.1. The van der Waals surface area contributed by atoms with Crippen molar-refractivity contribution in [2.45, 2.75) is 0 Å². The van der Waals surface area contributed by atoms with Crippen molar-refractivity contribution in [3.05, 3.63) is 96.8 Å². The van der Waals surface area contributed by atoms with Crippen LogP contribution in [-0.2, 0) is 0 Å². The molecule has 0 saturated carbocycles. The molecule has 4 rings (SSSR count). The summed E-state index contributed by atoms with van der Waals surface area (Å²) in [6.07, 6.45) is 7.02. The van der Waals surface area contributed by atoms with Crippen LogP contribution < -0.4 is 4.57 Å². The van der Waals surface area contributed by atoms with Crippen LogP contribution in [0.1, 0.15) is 10.4 Å². The van der Waals surface area contributed by atoms with Crippen LogP contribution in [0.4, 0.5) is 0 Å². The maximum Gasteiger partial charge on any atom is 0.191 e. The number of carbonyl (C=O) groups is 1. The van der Waals surface area contributed by atoms with E-state index in [1.165, 1.54) is 0 Å². The molecule has 1 N–H and O–H groups in total. The lowest BCUT2D eigenvalue weighted by Gasteiger charge is -1.95. The molecule has 0 fully saturated rings. The lowest BCUT2D eigenvalue weighted by molar-refractivity contribution is -0.567. The average Bonchev–Trinajstić information content (AvgIpc) is 3.24. The second kappa shape index (κ2) is 7.58. The number of benzene rings is 2. The van der Waals surface area contributed by atoms with Crippen molar-refractivity contribution in [3.63, 3.8) is 0 Å². The van der Waals surface area contributed by atoms with Crippen LogP contribution in [0.2, 0.25) is 0 Å². The zero-order valence-corrected chi connectivity index (χ0v) is 14.5. The number of allylic oxidation sites excluding steroid dienone is 1. The molecule has 2 aromatic heterocycles. The van der Waals surface area contributed by atoms with Crippen LogP contribution in [0.25, 0.3) is 29.0 Å².